The van der Waals surface area contributed by atoms with Crippen LogP contribution in [0.15, 0.2) is 24.3 Å². The number of urea groups is 1. The summed E-state index contributed by atoms with van der Waals surface area (Å²) in [7, 11) is 0. The fourth-order valence-corrected chi connectivity index (χ4v) is 1.64. The number of hydrogen-bond acceptors (Lipinski definition) is 2. The molecule has 19 heavy (non-hydrogen) atoms. The van der Waals surface area contributed by atoms with Gasteiger partial charge in [-0.05, 0) is 30.4 Å². The Kier molecular flexibility index (Phi) is 5.36. The van der Waals surface area contributed by atoms with Crippen LogP contribution in [0.1, 0.15) is 32.8 Å². The minimum absolute atomic E-state index is 0.159. The van der Waals surface area contributed by atoms with Crippen molar-refractivity contribution in [2.24, 2.45) is 5.41 Å². The van der Waals surface area contributed by atoms with Gasteiger partial charge in [-0.3, -0.25) is 0 Å². The highest BCUT2D eigenvalue weighted by Gasteiger charge is 2.21. The largest absolute Gasteiger partial charge is 0.393 e. The van der Waals surface area contributed by atoms with E-state index in [2.05, 4.69) is 10.6 Å². The summed E-state index contributed by atoms with van der Waals surface area (Å²) >= 11 is 0. The SMILES string of the molecule is Cc1ccccc1NC(=O)NCC[C@H](O)C(C)(C)C. The molecule has 3 N–H and O–H groups in total. The van der Waals surface area contributed by atoms with E-state index in [1.165, 1.54) is 0 Å². The van der Waals surface area contributed by atoms with E-state index in [1.807, 2.05) is 52.0 Å². The molecule has 2 amide bonds. The van der Waals surface area contributed by atoms with Crippen molar-refractivity contribution in [2.45, 2.75) is 40.2 Å². The van der Waals surface area contributed by atoms with Crippen LogP contribution in [0.25, 0.3) is 0 Å². The lowest BCUT2D eigenvalue weighted by Crippen LogP contribution is -2.34. The Bertz CT molecular complexity index is 424. The quantitative estimate of drug-likeness (QED) is 0.783. The van der Waals surface area contributed by atoms with Crippen LogP contribution in [0.5, 0.6) is 0 Å². The second-order valence-corrected chi connectivity index (χ2v) is 5.87. The number of benzene rings is 1. The zero-order valence-corrected chi connectivity index (χ0v) is 12.2. The van der Waals surface area contributed by atoms with Crippen molar-refractivity contribution < 1.29 is 9.90 Å². The molecule has 0 aromatic heterocycles. The van der Waals surface area contributed by atoms with Crippen LogP contribution in [0, 0.1) is 12.3 Å². The lowest BCUT2D eigenvalue weighted by Gasteiger charge is -2.25. The van der Waals surface area contributed by atoms with Crippen LogP contribution in [-0.4, -0.2) is 23.8 Å². The van der Waals surface area contributed by atoms with Gasteiger partial charge in [-0.15, -0.1) is 0 Å². The molecular formula is C15H24N2O2. The van der Waals surface area contributed by atoms with Crippen molar-refractivity contribution in [2.75, 3.05) is 11.9 Å². The first-order valence-corrected chi connectivity index (χ1v) is 6.59. The molecule has 4 nitrogen and oxygen atoms in total. The number of rotatable bonds is 4. The molecule has 4 heteroatoms. The lowest BCUT2D eigenvalue weighted by molar-refractivity contribution is 0.0565. The maximum Gasteiger partial charge on any atom is 0.319 e. The van der Waals surface area contributed by atoms with Gasteiger partial charge in [-0.1, -0.05) is 39.0 Å². The molecule has 0 aliphatic carbocycles. The molecule has 106 valence electrons. The van der Waals surface area contributed by atoms with Crippen molar-refractivity contribution in [1.29, 1.82) is 0 Å². The number of hydrogen-bond donors (Lipinski definition) is 3. The van der Waals surface area contributed by atoms with Crippen LogP contribution < -0.4 is 10.6 Å². The summed E-state index contributed by atoms with van der Waals surface area (Å²) < 4.78 is 0. The molecule has 1 atom stereocenters. The maximum atomic E-state index is 11.7. The molecule has 1 aromatic rings. The minimum atomic E-state index is -0.425. The van der Waals surface area contributed by atoms with E-state index in [0.717, 1.165) is 11.3 Å². The highest BCUT2D eigenvalue weighted by molar-refractivity contribution is 5.89. The Balaban J connectivity index is 2.35. The zero-order chi connectivity index (χ0) is 14.5. The minimum Gasteiger partial charge on any atom is -0.393 e. The van der Waals surface area contributed by atoms with E-state index in [4.69, 9.17) is 0 Å². The summed E-state index contributed by atoms with van der Waals surface area (Å²) in [5, 5.41) is 15.4. The van der Waals surface area contributed by atoms with E-state index in [0.29, 0.717) is 13.0 Å². The molecule has 0 heterocycles. The molecule has 0 bridgehead atoms. The smallest absolute Gasteiger partial charge is 0.319 e. The Hall–Kier alpha value is -1.55. The van der Waals surface area contributed by atoms with Gasteiger partial charge in [0.05, 0.1) is 6.10 Å². The van der Waals surface area contributed by atoms with Crippen LogP contribution in [0.2, 0.25) is 0 Å². The average Bonchev–Trinajstić information content (AvgIpc) is 2.31. The summed E-state index contributed by atoms with van der Waals surface area (Å²) in [6.07, 6.45) is 0.122. The van der Waals surface area contributed by atoms with Gasteiger partial charge in [0.25, 0.3) is 0 Å². The molecule has 0 aliphatic heterocycles. The third-order valence-electron chi connectivity index (χ3n) is 3.10. The second kappa shape index (κ2) is 6.57. The molecule has 0 saturated heterocycles. The summed E-state index contributed by atoms with van der Waals surface area (Å²) in [4.78, 5) is 11.7. The average molecular weight is 264 g/mol. The summed E-state index contributed by atoms with van der Waals surface area (Å²) in [5.74, 6) is 0. The summed E-state index contributed by atoms with van der Waals surface area (Å²) in [5.41, 5.74) is 1.66. The Morgan fingerprint density at radius 2 is 1.95 bits per heavy atom. The van der Waals surface area contributed by atoms with E-state index in [9.17, 15) is 9.90 Å². The fraction of sp³-hybridized carbons (Fsp3) is 0.533. The van der Waals surface area contributed by atoms with Crippen molar-refractivity contribution in [3.63, 3.8) is 0 Å². The molecule has 0 radical (unpaired) electrons. The van der Waals surface area contributed by atoms with Crippen molar-refractivity contribution >= 4 is 11.7 Å². The number of para-hydroxylation sites is 1. The lowest BCUT2D eigenvalue weighted by atomic mass is 9.87. The third kappa shape index (κ3) is 5.30. The third-order valence-corrected chi connectivity index (χ3v) is 3.10. The van der Waals surface area contributed by atoms with Gasteiger partial charge in [0, 0.05) is 12.2 Å². The monoisotopic (exact) mass is 264 g/mol. The van der Waals surface area contributed by atoms with Crippen LogP contribution in [-0.2, 0) is 0 Å². The molecule has 0 aliphatic rings. The van der Waals surface area contributed by atoms with Gasteiger partial charge in [-0.2, -0.15) is 0 Å². The Labute approximate surface area is 115 Å². The fourth-order valence-electron chi connectivity index (χ4n) is 1.64. The van der Waals surface area contributed by atoms with Gasteiger partial charge in [0.1, 0.15) is 0 Å². The Morgan fingerprint density at radius 1 is 1.32 bits per heavy atom. The number of carbonyl (C=O) groups is 1. The van der Waals surface area contributed by atoms with Gasteiger partial charge < -0.3 is 15.7 Å². The molecule has 0 unspecified atom stereocenters. The Morgan fingerprint density at radius 3 is 2.53 bits per heavy atom. The predicted molar refractivity (Wildman–Crippen MR) is 78.3 cm³/mol. The van der Waals surface area contributed by atoms with Crippen LogP contribution in [0.4, 0.5) is 10.5 Å². The number of amides is 2. The standard InChI is InChI=1S/C15H24N2O2/c1-11-7-5-6-8-12(11)17-14(19)16-10-9-13(18)15(2,3)4/h5-8,13,18H,9-10H2,1-4H3,(H2,16,17,19)/t13-/m0/s1. The first-order chi connectivity index (χ1) is 8.80. The molecule has 0 spiro atoms. The topological polar surface area (TPSA) is 61.4 Å². The molecule has 0 saturated carbocycles. The number of aliphatic hydroxyl groups is 1. The van der Waals surface area contributed by atoms with E-state index in [-0.39, 0.29) is 11.4 Å². The molecular weight excluding hydrogens is 240 g/mol. The maximum absolute atomic E-state index is 11.7. The number of anilines is 1. The first kappa shape index (κ1) is 15.5. The van der Waals surface area contributed by atoms with Gasteiger partial charge >= 0.3 is 6.03 Å². The number of nitrogens with one attached hydrogen (secondary N) is 2. The highest BCUT2D eigenvalue weighted by atomic mass is 16.3. The number of carbonyl (C=O) groups excluding carboxylic acids is 1. The normalized spacial score (nSPS) is 12.9. The number of aryl methyl sites for hydroxylation is 1. The molecule has 0 fully saturated rings. The summed E-state index contributed by atoms with van der Waals surface area (Å²) in [6, 6.07) is 7.37. The predicted octanol–water partition coefficient (Wildman–Crippen LogP) is 2.91. The van der Waals surface area contributed by atoms with Crippen molar-refractivity contribution in [1.82, 2.24) is 5.32 Å². The van der Waals surface area contributed by atoms with Gasteiger partial charge in [-0.25, -0.2) is 4.79 Å². The van der Waals surface area contributed by atoms with Crippen molar-refractivity contribution in [3.8, 4) is 0 Å². The number of aliphatic hydroxyl groups excluding tert-OH is 1. The van der Waals surface area contributed by atoms with E-state index >= 15 is 0 Å². The van der Waals surface area contributed by atoms with Crippen LogP contribution >= 0.6 is 0 Å². The van der Waals surface area contributed by atoms with Gasteiger partial charge in [0.2, 0.25) is 0 Å². The highest BCUT2D eigenvalue weighted by Crippen LogP contribution is 2.21. The second-order valence-electron chi connectivity index (χ2n) is 5.87. The zero-order valence-electron chi connectivity index (χ0n) is 12.2. The first-order valence-electron chi connectivity index (χ1n) is 6.59. The van der Waals surface area contributed by atoms with Crippen molar-refractivity contribution in [3.05, 3.63) is 29.8 Å². The summed E-state index contributed by atoms with van der Waals surface area (Å²) in [6.45, 7) is 8.33. The van der Waals surface area contributed by atoms with E-state index < -0.39 is 6.10 Å². The molecule has 1 rings (SSSR count). The molecule has 1 aromatic carbocycles. The van der Waals surface area contributed by atoms with Crippen LogP contribution in [0.3, 0.4) is 0 Å². The van der Waals surface area contributed by atoms with Gasteiger partial charge in [0.15, 0.2) is 0 Å². The van der Waals surface area contributed by atoms with E-state index in [1.54, 1.807) is 0 Å².